The lowest BCUT2D eigenvalue weighted by molar-refractivity contribution is -0.136. The highest BCUT2D eigenvalue weighted by Crippen LogP contribution is 2.10. The fourth-order valence-electron chi connectivity index (χ4n) is 1.40. The molecule has 2 amide bonds. The molecule has 1 atom stereocenters. The van der Waals surface area contributed by atoms with E-state index in [1.165, 1.54) is 4.90 Å². The lowest BCUT2D eigenvalue weighted by Gasteiger charge is -2.19. The van der Waals surface area contributed by atoms with Gasteiger partial charge in [0, 0.05) is 30.2 Å². The molecule has 0 spiro atoms. The lowest BCUT2D eigenvalue weighted by atomic mass is 10.1. The van der Waals surface area contributed by atoms with Crippen molar-refractivity contribution in [2.24, 2.45) is 11.7 Å². The third kappa shape index (κ3) is 4.96. The number of pyridine rings is 1. The van der Waals surface area contributed by atoms with Crippen LogP contribution in [0, 0.1) is 5.92 Å². The van der Waals surface area contributed by atoms with Gasteiger partial charge in [0.2, 0.25) is 11.8 Å². The van der Waals surface area contributed by atoms with Crippen LogP contribution in [0.25, 0.3) is 0 Å². The molecule has 0 fully saturated rings. The molecule has 1 aromatic rings. The van der Waals surface area contributed by atoms with Crippen LogP contribution in [0.3, 0.4) is 0 Å². The normalized spacial score (nSPS) is 11.8. The maximum absolute atomic E-state index is 11.8. The number of halogens is 1. The zero-order valence-corrected chi connectivity index (χ0v) is 12.5. The zero-order valence-electron chi connectivity index (χ0n) is 10.9. The third-order valence-corrected chi connectivity index (χ3v) is 3.00. The van der Waals surface area contributed by atoms with Crippen LogP contribution in [0.5, 0.6) is 0 Å². The van der Waals surface area contributed by atoms with E-state index in [4.69, 9.17) is 5.73 Å². The minimum Gasteiger partial charge on any atom is -0.336 e. The number of nitrogens with one attached hydrogen (secondary N) is 1. The van der Waals surface area contributed by atoms with Crippen molar-refractivity contribution in [1.29, 1.82) is 0 Å². The summed E-state index contributed by atoms with van der Waals surface area (Å²) in [6.07, 6.45) is 1.58. The molecule has 0 radical (unpaired) electrons. The number of amides is 2. The molecule has 1 unspecified atom stereocenters. The lowest BCUT2D eigenvalue weighted by Crippen LogP contribution is -2.39. The van der Waals surface area contributed by atoms with E-state index in [2.05, 4.69) is 26.2 Å². The second kappa shape index (κ2) is 7.20. The summed E-state index contributed by atoms with van der Waals surface area (Å²) in [5, 5.41) is 2.62. The molecule has 1 aromatic heterocycles. The first-order chi connectivity index (χ1) is 8.93. The molecular formula is C12H17BrN4O2. The summed E-state index contributed by atoms with van der Waals surface area (Å²) >= 11 is 3.25. The molecule has 0 saturated heterocycles. The van der Waals surface area contributed by atoms with Gasteiger partial charge in [0.05, 0.1) is 6.54 Å². The quantitative estimate of drug-likeness (QED) is 0.838. The van der Waals surface area contributed by atoms with Crippen LogP contribution in [-0.2, 0) is 9.59 Å². The Morgan fingerprint density at radius 3 is 2.74 bits per heavy atom. The molecule has 1 heterocycles. The Balaban J connectivity index is 2.51. The minimum absolute atomic E-state index is 0.0269. The Morgan fingerprint density at radius 1 is 1.53 bits per heavy atom. The van der Waals surface area contributed by atoms with Crippen molar-refractivity contribution in [1.82, 2.24) is 9.88 Å². The van der Waals surface area contributed by atoms with Gasteiger partial charge in [-0.15, -0.1) is 0 Å². The number of rotatable bonds is 5. The van der Waals surface area contributed by atoms with Gasteiger partial charge in [-0.2, -0.15) is 0 Å². The van der Waals surface area contributed by atoms with Crippen molar-refractivity contribution in [2.45, 2.75) is 6.92 Å². The van der Waals surface area contributed by atoms with E-state index in [0.717, 1.165) is 4.47 Å². The summed E-state index contributed by atoms with van der Waals surface area (Å²) in [6, 6.07) is 3.44. The van der Waals surface area contributed by atoms with Crippen LogP contribution in [-0.4, -0.2) is 41.8 Å². The number of hydrogen-bond donors (Lipinski definition) is 2. The number of aromatic nitrogens is 1. The highest BCUT2D eigenvalue weighted by molar-refractivity contribution is 9.10. The number of carbonyl (C=O) groups is 2. The van der Waals surface area contributed by atoms with Gasteiger partial charge < -0.3 is 16.0 Å². The van der Waals surface area contributed by atoms with Gasteiger partial charge in [0.15, 0.2) is 0 Å². The Kier molecular flexibility index (Phi) is 5.91. The van der Waals surface area contributed by atoms with E-state index >= 15 is 0 Å². The smallest absolute Gasteiger partial charge is 0.245 e. The maximum atomic E-state index is 11.8. The average molecular weight is 329 g/mol. The highest BCUT2D eigenvalue weighted by atomic mass is 79.9. The van der Waals surface area contributed by atoms with Crippen LogP contribution in [0.1, 0.15) is 6.92 Å². The molecule has 104 valence electrons. The molecule has 0 aliphatic carbocycles. The molecule has 1 rings (SSSR count). The molecule has 6 nitrogen and oxygen atoms in total. The number of nitrogens with two attached hydrogens (primary N) is 1. The number of carbonyl (C=O) groups excluding carboxylic acids is 2. The van der Waals surface area contributed by atoms with E-state index in [-0.39, 0.29) is 30.8 Å². The van der Waals surface area contributed by atoms with Gasteiger partial charge in [-0.3, -0.25) is 9.59 Å². The molecular weight excluding hydrogens is 312 g/mol. The summed E-state index contributed by atoms with van der Waals surface area (Å²) in [5.74, 6) is -0.291. The van der Waals surface area contributed by atoms with Crippen LogP contribution in [0.4, 0.5) is 5.82 Å². The minimum atomic E-state index is -0.296. The summed E-state index contributed by atoms with van der Waals surface area (Å²) in [5.41, 5.74) is 5.42. The van der Waals surface area contributed by atoms with Crippen molar-refractivity contribution in [3.8, 4) is 0 Å². The summed E-state index contributed by atoms with van der Waals surface area (Å²) < 4.78 is 0.828. The van der Waals surface area contributed by atoms with Crippen LogP contribution < -0.4 is 11.1 Å². The van der Waals surface area contributed by atoms with Crippen molar-refractivity contribution < 1.29 is 9.59 Å². The van der Waals surface area contributed by atoms with E-state index in [1.54, 1.807) is 32.3 Å². The number of nitrogens with zero attached hydrogens (tertiary/aromatic N) is 2. The Morgan fingerprint density at radius 2 is 2.21 bits per heavy atom. The first-order valence-electron chi connectivity index (χ1n) is 5.80. The van der Waals surface area contributed by atoms with Crippen molar-refractivity contribution in [3.63, 3.8) is 0 Å². The van der Waals surface area contributed by atoms with Gasteiger partial charge in [-0.1, -0.05) is 6.92 Å². The summed E-state index contributed by atoms with van der Waals surface area (Å²) in [6.45, 7) is 1.97. The van der Waals surface area contributed by atoms with Gasteiger partial charge in [-0.05, 0) is 28.1 Å². The topological polar surface area (TPSA) is 88.3 Å². The van der Waals surface area contributed by atoms with E-state index in [1.807, 2.05) is 0 Å². The predicted octanol–water partition coefficient (Wildman–Crippen LogP) is 0.836. The first kappa shape index (κ1) is 15.6. The fourth-order valence-corrected chi connectivity index (χ4v) is 1.64. The van der Waals surface area contributed by atoms with Gasteiger partial charge in [0.25, 0.3) is 0 Å². The SMILES string of the molecule is CC(CN)C(=O)N(C)CC(=O)Nc1ccc(Br)cn1. The van der Waals surface area contributed by atoms with Crippen LogP contribution >= 0.6 is 15.9 Å². The molecule has 3 N–H and O–H groups in total. The molecule has 0 aliphatic heterocycles. The molecule has 0 aromatic carbocycles. The zero-order chi connectivity index (χ0) is 14.4. The van der Waals surface area contributed by atoms with Crippen LogP contribution in [0.15, 0.2) is 22.8 Å². The maximum Gasteiger partial charge on any atom is 0.245 e. The Hall–Kier alpha value is -1.47. The standard InChI is InChI=1S/C12H17BrN4O2/c1-8(5-14)12(19)17(2)7-11(18)16-10-4-3-9(13)6-15-10/h3-4,6,8H,5,7,14H2,1-2H3,(H,15,16,18). The largest absolute Gasteiger partial charge is 0.336 e. The van der Waals surface area contributed by atoms with Crippen molar-refractivity contribution in [3.05, 3.63) is 22.8 Å². The molecule has 0 aliphatic rings. The second-order valence-corrected chi connectivity index (χ2v) is 5.16. The van der Waals surface area contributed by atoms with Crippen molar-refractivity contribution >= 4 is 33.6 Å². The Labute approximate surface area is 120 Å². The number of anilines is 1. The van der Waals surface area contributed by atoms with E-state index < -0.39 is 0 Å². The van der Waals surface area contributed by atoms with Gasteiger partial charge in [0.1, 0.15) is 5.82 Å². The fraction of sp³-hybridized carbons (Fsp3) is 0.417. The van der Waals surface area contributed by atoms with E-state index in [9.17, 15) is 9.59 Å². The number of likely N-dealkylation sites (N-methyl/N-ethyl adjacent to an activating group) is 1. The molecule has 0 saturated carbocycles. The first-order valence-corrected chi connectivity index (χ1v) is 6.59. The highest BCUT2D eigenvalue weighted by Gasteiger charge is 2.18. The predicted molar refractivity (Wildman–Crippen MR) is 76.4 cm³/mol. The molecule has 0 bridgehead atoms. The third-order valence-electron chi connectivity index (χ3n) is 2.53. The molecule has 19 heavy (non-hydrogen) atoms. The Bertz CT molecular complexity index is 450. The van der Waals surface area contributed by atoms with Gasteiger partial charge in [-0.25, -0.2) is 4.98 Å². The van der Waals surface area contributed by atoms with Crippen molar-refractivity contribution in [2.75, 3.05) is 25.5 Å². The summed E-state index contributed by atoms with van der Waals surface area (Å²) in [4.78, 5) is 28.9. The monoisotopic (exact) mass is 328 g/mol. The second-order valence-electron chi connectivity index (χ2n) is 4.24. The molecule has 7 heteroatoms. The number of hydrogen-bond acceptors (Lipinski definition) is 4. The van der Waals surface area contributed by atoms with Gasteiger partial charge >= 0.3 is 0 Å². The van der Waals surface area contributed by atoms with E-state index in [0.29, 0.717) is 5.82 Å². The van der Waals surface area contributed by atoms with Crippen LogP contribution in [0.2, 0.25) is 0 Å². The summed E-state index contributed by atoms with van der Waals surface area (Å²) in [7, 11) is 1.57. The average Bonchev–Trinajstić information content (AvgIpc) is 2.39.